The highest BCUT2D eigenvalue weighted by molar-refractivity contribution is 9.11. The maximum absolute atomic E-state index is 5.47. The van der Waals surface area contributed by atoms with Crippen molar-refractivity contribution in [3.8, 4) is 5.75 Å². The summed E-state index contributed by atoms with van der Waals surface area (Å²) in [7, 11) is 0. The topological polar surface area (TPSA) is 9.23 Å². The number of benzene rings is 1. The van der Waals surface area contributed by atoms with E-state index < -0.39 is 0 Å². The molecule has 1 aliphatic rings. The molecular formula is C10H10Br2O. The zero-order chi connectivity index (χ0) is 9.42. The van der Waals surface area contributed by atoms with E-state index >= 15 is 0 Å². The third-order valence-corrected chi connectivity index (χ3v) is 3.42. The Balaban J connectivity index is 2.49. The van der Waals surface area contributed by atoms with Gasteiger partial charge in [0.05, 0.1) is 6.61 Å². The number of halogens is 2. The van der Waals surface area contributed by atoms with Crippen LogP contribution in [0.15, 0.2) is 16.6 Å². The molecule has 0 saturated carbocycles. The van der Waals surface area contributed by atoms with Crippen molar-refractivity contribution in [2.24, 2.45) is 0 Å². The number of rotatable bonds is 1. The Bertz CT molecular complexity index is 334. The second-order valence-electron chi connectivity index (χ2n) is 3.20. The van der Waals surface area contributed by atoms with Gasteiger partial charge < -0.3 is 4.74 Å². The van der Waals surface area contributed by atoms with Crippen LogP contribution >= 0.6 is 31.9 Å². The highest BCUT2D eigenvalue weighted by Gasteiger charge is 2.16. The van der Waals surface area contributed by atoms with Crippen molar-refractivity contribution in [1.82, 2.24) is 0 Å². The number of hydrogen-bond acceptors (Lipinski definition) is 1. The minimum atomic E-state index is 0.382. The van der Waals surface area contributed by atoms with Gasteiger partial charge in [0.25, 0.3) is 0 Å². The van der Waals surface area contributed by atoms with Gasteiger partial charge in [-0.15, -0.1) is 0 Å². The largest absolute Gasteiger partial charge is 0.493 e. The van der Waals surface area contributed by atoms with Gasteiger partial charge in [-0.3, -0.25) is 0 Å². The molecule has 0 saturated heterocycles. The van der Waals surface area contributed by atoms with E-state index in [4.69, 9.17) is 4.74 Å². The van der Waals surface area contributed by atoms with Crippen molar-refractivity contribution in [3.05, 3.63) is 27.7 Å². The van der Waals surface area contributed by atoms with Crippen LogP contribution in [0.3, 0.4) is 0 Å². The van der Waals surface area contributed by atoms with Crippen LogP contribution in [0, 0.1) is 0 Å². The van der Waals surface area contributed by atoms with E-state index in [0.29, 0.717) is 4.83 Å². The van der Waals surface area contributed by atoms with Gasteiger partial charge in [0.15, 0.2) is 0 Å². The molecule has 3 heteroatoms. The molecule has 1 heterocycles. The fourth-order valence-corrected chi connectivity index (χ4v) is 2.88. The van der Waals surface area contributed by atoms with Crippen molar-refractivity contribution in [1.29, 1.82) is 0 Å². The molecule has 0 aliphatic carbocycles. The molecule has 0 bridgehead atoms. The van der Waals surface area contributed by atoms with Crippen LogP contribution < -0.4 is 4.74 Å². The first-order chi connectivity index (χ1) is 6.18. The highest BCUT2D eigenvalue weighted by atomic mass is 79.9. The molecule has 13 heavy (non-hydrogen) atoms. The van der Waals surface area contributed by atoms with E-state index in [-0.39, 0.29) is 0 Å². The molecule has 1 aliphatic heterocycles. The summed E-state index contributed by atoms with van der Waals surface area (Å²) in [5.74, 6) is 1.03. The van der Waals surface area contributed by atoms with Gasteiger partial charge >= 0.3 is 0 Å². The predicted octanol–water partition coefficient (Wildman–Crippen LogP) is 3.84. The molecule has 1 atom stereocenters. The van der Waals surface area contributed by atoms with Crippen LogP contribution in [-0.2, 0) is 6.42 Å². The molecule has 0 fully saturated rings. The molecule has 1 aromatic carbocycles. The average Bonchev–Trinajstić information content (AvgIpc) is 2.48. The van der Waals surface area contributed by atoms with Crippen LogP contribution in [-0.4, -0.2) is 6.61 Å². The molecule has 2 rings (SSSR count). The summed E-state index contributed by atoms with van der Waals surface area (Å²) >= 11 is 7.11. The Kier molecular flexibility index (Phi) is 2.65. The summed E-state index contributed by atoms with van der Waals surface area (Å²) in [4.78, 5) is 0.382. The van der Waals surface area contributed by atoms with Crippen LogP contribution in [0.4, 0.5) is 0 Å². The maximum atomic E-state index is 5.47. The lowest BCUT2D eigenvalue weighted by Crippen LogP contribution is -1.88. The van der Waals surface area contributed by atoms with E-state index in [1.807, 2.05) is 0 Å². The Labute approximate surface area is 94.7 Å². The van der Waals surface area contributed by atoms with Crippen LogP contribution in [0.2, 0.25) is 0 Å². The first kappa shape index (κ1) is 9.53. The van der Waals surface area contributed by atoms with E-state index in [1.54, 1.807) is 0 Å². The number of fused-ring (bicyclic) bond motifs is 1. The quantitative estimate of drug-likeness (QED) is 0.716. The molecule has 0 radical (unpaired) electrons. The fraction of sp³-hybridized carbons (Fsp3) is 0.400. The number of ether oxygens (including phenoxy) is 1. The minimum Gasteiger partial charge on any atom is -0.493 e. The van der Waals surface area contributed by atoms with E-state index in [9.17, 15) is 0 Å². The summed E-state index contributed by atoms with van der Waals surface area (Å²) in [6.07, 6.45) is 1.04. The normalized spacial score (nSPS) is 16.5. The molecule has 0 amide bonds. The molecule has 1 unspecified atom stereocenters. The molecule has 0 spiro atoms. The third-order valence-electron chi connectivity index (χ3n) is 2.24. The monoisotopic (exact) mass is 304 g/mol. The molecule has 0 N–H and O–H groups in total. The Hall–Kier alpha value is -0.0200. The molecule has 70 valence electrons. The summed E-state index contributed by atoms with van der Waals surface area (Å²) in [5.41, 5.74) is 2.62. The van der Waals surface area contributed by atoms with Crippen molar-refractivity contribution >= 4 is 31.9 Å². The Morgan fingerprint density at radius 3 is 2.92 bits per heavy atom. The van der Waals surface area contributed by atoms with Crippen molar-refractivity contribution in [2.75, 3.05) is 6.61 Å². The number of hydrogen-bond donors (Lipinski definition) is 0. The zero-order valence-corrected chi connectivity index (χ0v) is 10.5. The third kappa shape index (κ3) is 1.77. The van der Waals surface area contributed by atoms with E-state index in [0.717, 1.165) is 23.2 Å². The van der Waals surface area contributed by atoms with Gasteiger partial charge in [-0.05, 0) is 30.2 Å². The lowest BCUT2D eigenvalue weighted by molar-refractivity contribution is 0.356. The first-order valence-electron chi connectivity index (χ1n) is 4.27. The van der Waals surface area contributed by atoms with Crippen LogP contribution in [0.5, 0.6) is 5.75 Å². The Morgan fingerprint density at radius 2 is 2.23 bits per heavy atom. The second-order valence-corrected chi connectivity index (χ2v) is 5.42. The van der Waals surface area contributed by atoms with E-state index in [1.165, 1.54) is 11.1 Å². The highest BCUT2D eigenvalue weighted by Crippen LogP contribution is 2.36. The smallest absolute Gasteiger partial charge is 0.123 e. The Morgan fingerprint density at radius 1 is 1.46 bits per heavy atom. The second kappa shape index (κ2) is 3.62. The fourth-order valence-electron chi connectivity index (χ4n) is 1.52. The summed E-state index contributed by atoms with van der Waals surface area (Å²) in [6.45, 7) is 2.95. The molecule has 1 aromatic rings. The summed E-state index contributed by atoms with van der Waals surface area (Å²) in [5, 5.41) is 0. The average molecular weight is 306 g/mol. The predicted molar refractivity (Wildman–Crippen MR) is 60.7 cm³/mol. The lowest BCUT2D eigenvalue weighted by Gasteiger charge is -2.09. The van der Waals surface area contributed by atoms with Crippen LogP contribution in [0.25, 0.3) is 0 Å². The van der Waals surface area contributed by atoms with Gasteiger partial charge in [-0.25, -0.2) is 0 Å². The van der Waals surface area contributed by atoms with Gasteiger partial charge in [0, 0.05) is 15.7 Å². The van der Waals surface area contributed by atoms with Gasteiger partial charge in [-0.1, -0.05) is 31.9 Å². The molecular weight excluding hydrogens is 296 g/mol. The maximum Gasteiger partial charge on any atom is 0.123 e. The van der Waals surface area contributed by atoms with Crippen molar-refractivity contribution in [3.63, 3.8) is 0 Å². The molecule has 0 aromatic heterocycles. The van der Waals surface area contributed by atoms with Gasteiger partial charge in [0.2, 0.25) is 0 Å². The minimum absolute atomic E-state index is 0.382. The number of alkyl halides is 1. The van der Waals surface area contributed by atoms with Gasteiger partial charge in [-0.2, -0.15) is 0 Å². The lowest BCUT2D eigenvalue weighted by atomic mass is 10.1. The van der Waals surface area contributed by atoms with Crippen molar-refractivity contribution in [2.45, 2.75) is 18.2 Å². The van der Waals surface area contributed by atoms with Crippen molar-refractivity contribution < 1.29 is 4.74 Å². The SMILES string of the molecule is CC(Br)c1cc2c(cc1Br)OCC2. The van der Waals surface area contributed by atoms with Gasteiger partial charge in [0.1, 0.15) is 5.75 Å². The standard InChI is InChI=1S/C10H10Br2O/c1-6(11)8-4-7-2-3-13-10(7)5-9(8)12/h4-6H,2-3H2,1H3. The summed E-state index contributed by atoms with van der Waals surface area (Å²) < 4.78 is 6.59. The van der Waals surface area contributed by atoms with E-state index in [2.05, 4.69) is 50.9 Å². The molecule has 1 nitrogen and oxygen atoms in total. The summed E-state index contributed by atoms with van der Waals surface area (Å²) in [6, 6.07) is 4.28. The first-order valence-corrected chi connectivity index (χ1v) is 5.98. The zero-order valence-electron chi connectivity index (χ0n) is 7.31. The van der Waals surface area contributed by atoms with Crippen LogP contribution in [0.1, 0.15) is 22.9 Å².